The van der Waals surface area contributed by atoms with Crippen LogP contribution in [0.4, 0.5) is 0 Å². The fourth-order valence-electron chi connectivity index (χ4n) is 7.38. The van der Waals surface area contributed by atoms with Gasteiger partial charge in [0.15, 0.2) is 0 Å². The van der Waals surface area contributed by atoms with Crippen molar-refractivity contribution in [2.75, 3.05) is 7.11 Å². The lowest BCUT2D eigenvalue weighted by Crippen LogP contribution is -2.69. The number of nitrogens with one attached hydrogen (secondary N) is 1. The van der Waals surface area contributed by atoms with E-state index in [-0.39, 0.29) is 22.3 Å². The molecule has 1 unspecified atom stereocenters. The standard InChI is InChI=1S/C25H32BrNO4/c1-13-6-7-19-23(2,3)9-14(26)10-25(19)24(13,4)11-17-16(22(29)30-5)8-15-18(20(17)31-25)12-27-21(15)28/h8,13-14,19H,6-7,9-12H2,1-5H3,(H,27,28)/t13-,14?,19-,24+,25-/m0/s1. The van der Waals surface area contributed by atoms with E-state index in [2.05, 4.69) is 48.9 Å². The Balaban J connectivity index is 1.77. The van der Waals surface area contributed by atoms with Crippen molar-refractivity contribution < 1.29 is 19.1 Å². The number of fused-ring (bicyclic) bond motifs is 3. The molecule has 0 bridgehead atoms. The van der Waals surface area contributed by atoms with Crippen LogP contribution < -0.4 is 10.1 Å². The molecular weight excluding hydrogens is 458 g/mol. The normalized spacial score (nSPS) is 37.5. The Hall–Kier alpha value is -1.56. The number of carbonyl (C=O) groups is 2. The summed E-state index contributed by atoms with van der Waals surface area (Å²) in [6, 6.07) is 1.72. The van der Waals surface area contributed by atoms with Crippen LogP contribution in [0.3, 0.4) is 0 Å². The molecule has 31 heavy (non-hydrogen) atoms. The second-order valence-electron chi connectivity index (χ2n) is 11.0. The topological polar surface area (TPSA) is 64.6 Å². The van der Waals surface area contributed by atoms with Gasteiger partial charge in [-0.1, -0.05) is 43.6 Å². The molecule has 5 atom stereocenters. The Morgan fingerprint density at radius 1 is 1.23 bits per heavy atom. The Morgan fingerprint density at radius 3 is 2.68 bits per heavy atom. The number of hydrogen-bond donors (Lipinski definition) is 1. The number of halogens is 1. The number of hydrogen-bond acceptors (Lipinski definition) is 4. The van der Waals surface area contributed by atoms with E-state index in [0.717, 1.165) is 49.0 Å². The number of ether oxygens (including phenoxy) is 2. The Bertz CT molecular complexity index is 988. The summed E-state index contributed by atoms with van der Waals surface area (Å²) in [5, 5.41) is 2.92. The van der Waals surface area contributed by atoms with Crippen molar-refractivity contribution in [3.05, 3.63) is 28.3 Å². The van der Waals surface area contributed by atoms with Crippen molar-refractivity contribution in [2.24, 2.45) is 22.7 Å². The zero-order valence-corrected chi connectivity index (χ0v) is 20.6. The van der Waals surface area contributed by atoms with Crippen molar-refractivity contribution in [2.45, 2.75) is 76.8 Å². The molecule has 0 saturated heterocycles. The average Bonchev–Trinajstić information content (AvgIpc) is 3.06. The smallest absolute Gasteiger partial charge is 0.338 e. The maximum absolute atomic E-state index is 12.8. The first-order valence-corrected chi connectivity index (χ1v) is 12.3. The molecule has 5 rings (SSSR count). The van der Waals surface area contributed by atoms with Gasteiger partial charge in [-0.25, -0.2) is 4.79 Å². The number of alkyl halides is 1. The van der Waals surface area contributed by atoms with Crippen LogP contribution in [0.5, 0.6) is 5.75 Å². The van der Waals surface area contributed by atoms with E-state index in [0.29, 0.717) is 34.3 Å². The summed E-state index contributed by atoms with van der Waals surface area (Å²) in [4.78, 5) is 25.7. The molecule has 168 valence electrons. The van der Waals surface area contributed by atoms with Gasteiger partial charge in [0.2, 0.25) is 0 Å². The molecule has 4 aliphatic rings. The first-order chi connectivity index (χ1) is 14.5. The van der Waals surface area contributed by atoms with Crippen LogP contribution in [0.25, 0.3) is 0 Å². The van der Waals surface area contributed by atoms with Crippen LogP contribution in [0.15, 0.2) is 6.07 Å². The van der Waals surface area contributed by atoms with Crippen molar-refractivity contribution >= 4 is 27.8 Å². The third-order valence-corrected chi connectivity index (χ3v) is 9.76. The van der Waals surface area contributed by atoms with Gasteiger partial charge in [-0.15, -0.1) is 0 Å². The lowest BCUT2D eigenvalue weighted by Gasteiger charge is -2.67. The molecule has 2 fully saturated rings. The molecular formula is C25H32BrNO4. The molecule has 2 aliphatic heterocycles. The highest BCUT2D eigenvalue weighted by Gasteiger charge is 2.67. The summed E-state index contributed by atoms with van der Waals surface area (Å²) in [7, 11) is 1.40. The fourth-order valence-corrected chi connectivity index (χ4v) is 8.69. The minimum Gasteiger partial charge on any atom is -0.486 e. The predicted molar refractivity (Wildman–Crippen MR) is 122 cm³/mol. The quantitative estimate of drug-likeness (QED) is 0.443. The maximum atomic E-state index is 12.8. The van der Waals surface area contributed by atoms with E-state index in [1.165, 1.54) is 7.11 Å². The fraction of sp³-hybridized carbons (Fsp3) is 0.680. The molecule has 1 aromatic carbocycles. The first kappa shape index (κ1) is 21.3. The SMILES string of the molecule is COC(=O)c1cc2c(c3c1C[C@]1(C)[C@@H](C)CC[C@H]4C(C)(C)CC(Br)C[C@]41O3)CNC2=O. The van der Waals surface area contributed by atoms with Crippen LogP contribution in [0, 0.1) is 22.7 Å². The van der Waals surface area contributed by atoms with Gasteiger partial charge in [0, 0.05) is 45.8 Å². The number of esters is 1. The summed E-state index contributed by atoms with van der Waals surface area (Å²) in [5.74, 6) is 1.09. The first-order valence-electron chi connectivity index (χ1n) is 11.4. The molecule has 1 aromatic rings. The Kier molecular flexibility index (Phi) is 4.62. The number of amides is 1. The lowest BCUT2D eigenvalue weighted by atomic mass is 9.44. The number of methoxy groups -OCH3 is 1. The molecule has 5 nitrogen and oxygen atoms in total. The Morgan fingerprint density at radius 2 is 1.97 bits per heavy atom. The molecule has 1 N–H and O–H groups in total. The van der Waals surface area contributed by atoms with E-state index in [4.69, 9.17) is 9.47 Å². The summed E-state index contributed by atoms with van der Waals surface area (Å²) < 4.78 is 12.3. The molecule has 0 aromatic heterocycles. The predicted octanol–water partition coefficient (Wildman–Crippen LogP) is 5.03. The largest absolute Gasteiger partial charge is 0.486 e. The van der Waals surface area contributed by atoms with E-state index >= 15 is 0 Å². The van der Waals surface area contributed by atoms with E-state index in [9.17, 15) is 9.59 Å². The van der Waals surface area contributed by atoms with Gasteiger partial charge in [-0.2, -0.15) is 0 Å². The Labute approximate surface area is 192 Å². The third kappa shape index (κ3) is 2.72. The molecule has 2 heterocycles. The second kappa shape index (κ2) is 6.72. The summed E-state index contributed by atoms with van der Waals surface area (Å²) in [6.07, 6.45) is 5.15. The minimum atomic E-state index is -0.399. The summed E-state index contributed by atoms with van der Waals surface area (Å²) >= 11 is 3.97. The number of carbonyl (C=O) groups excluding carboxylic acids is 2. The maximum Gasteiger partial charge on any atom is 0.338 e. The van der Waals surface area contributed by atoms with Gasteiger partial charge < -0.3 is 14.8 Å². The molecule has 1 spiro atoms. The van der Waals surface area contributed by atoms with E-state index < -0.39 is 5.97 Å². The number of benzene rings is 1. The highest BCUT2D eigenvalue weighted by molar-refractivity contribution is 9.09. The van der Waals surface area contributed by atoms with Crippen molar-refractivity contribution in [3.8, 4) is 5.75 Å². The minimum absolute atomic E-state index is 0.111. The van der Waals surface area contributed by atoms with E-state index in [1.807, 2.05) is 0 Å². The van der Waals surface area contributed by atoms with E-state index in [1.54, 1.807) is 6.07 Å². The summed E-state index contributed by atoms with van der Waals surface area (Å²) in [5.41, 5.74) is 2.53. The highest BCUT2D eigenvalue weighted by Crippen LogP contribution is 2.67. The molecule has 2 saturated carbocycles. The average molecular weight is 490 g/mol. The van der Waals surface area contributed by atoms with Crippen LogP contribution in [-0.2, 0) is 17.7 Å². The van der Waals surface area contributed by atoms with Gasteiger partial charge in [0.05, 0.1) is 12.7 Å². The second-order valence-corrected chi connectivity index (χ2v) is 12.3. The van der Waals surface area contributed by atoms with Crippen LogP contribution in [0.2, 0.25) is 0 Å². The van der Waals surface area contributed by atoms with Crippen molar-refractivity contribution in [1.29, 1.82) is 0 Å². The van der Waals surface area contributed by atoms with Gasteiger partial charge in [0.1, 0.15) is 11.4 Å². The van der Waals surface area contributed by atoms with Crippen LogP contribution in [-0.4, -0.2) is 29.4 Å². The monoisotopic (exact) mass is 489 g/mol. The molecule has 2 aliphatic carbocycles. The third-order valence-electron chi connectivity index (χ3n) is 9.11. The van der Waals surface area contributed by atoms with Crippen LogP contribution >= 0.6 is 15.9 Å². The summed E-state index contributed by atoms with van der Waals surface area (Å²) in [6.45, 7) is 9.91. The highest BCUT2D eigenvalue weighted by atomic mass is 79.9. The van der Waals surface area contributed by atoms with Gasteiger partial charge in [0.25, 0.3) is 5.91 Å². The lowest BCUT2D eigenvalue weighted by molar-refractivity contribution is -0.208. The molecule has 1 amide bonds. The zero-order valence-electron chi connectivity index (χ0n) is 19.1. The van der Waals surface area contributed by atoms with Crippen molar-refractivity contribution in [3.63, 3.8) is 0 Å². The molecule has 0 radical (unpaired) electrons. The number of rotatable bonds is 1. The van der Waals surface area contributed by atoms with Crippen LogP contribution in [0.1, 0.15) is 85.2 Å². The zero-order chi connectivity index (χ0) is 22.3. The van der Waals surface area contributed by atoms with Gasteiger partial charge >= 0.3 is 5.97 Å². The van der Waals surface area contributed by atoms with Gasteiger partial charge in [-0.3, -0.25) is 4.79 Å². The van der Waals surface area contributed by atoms with Crippen molar-refractivity contribution in [1.82, 2.24) is 5.32 Å². The van der Waals surface area contributed by atoms with Gasteiger partial charge in [-0.05, 0) is 43.1 Å². The molecule has 6 heteroatoms.